The van der Waals surface area contributed by atoms with E-state index < -0.39 is 5.97 Å². The largest absolute Gasteiger partial charge is 0.481 e. The van der Waals surface area contributed by atoms with Crippen LogP contribution in [0.1, 0.15) is 78.1 Å². The zero-order chi connectivity index (χ0) is 15.1. The smallest absolute Gasteiger partial charge is 0.303 e. The van der Waals surface area contributed by atoms with Gasteiger partial charge in [0.2, 0.25) is 0 Å². The minimum atomic E-state index is -0.677. The maximum Gasteiger partial charge on any atom is 0.303 e. The van der Waals surface area contributed by atoms with E-state index in [0.29, 0.717) is 6.42 Å². The maximum absolute atomic E-state index is 10.3. The topological polar surface area (TPSA) is 37.3 Å². The molecular weight excluding hydrogens is 248 g/mol. The van der Waals surface area contributed by atoms with Crippen molar-refractivity contribution in [3.05, 3.63) is 24.3 Å². The normalized spacial score (nSPS) is 11.9. The van der Waals surface area contributed by atoms with Crippen molar-refractivity contribution in [1.29, 1.82) is 0 Å². The summed E-state index contributed by atoms with van der Waals surface area (Å²) in [5, 5.41) is 8.50. The molecule has 0 spiro atoms. The molecule has 0 aromatic carbocycles. The lowest BCUT2D eigenvalue weighted by atomic mass is 10.1. The van der Waals surface area contributed by atoms with Crippen molar-refractivity contribution in [2.45, 2.75) is 78.1 Å². The van der Waals surface area contributed by atoms with Crippen molar-refractivity contribution in [3.63, 3.8) is 0 Å². The van der Waals surface area contributed by atoms with Crippen LogP contribution in [0.25, 0.3) is 0 Å². The first-order chi connectivity index (χ1) is 9.63. The Morgan fingerprint density at radius 3 is 2.00 bits per heavy atom. The molecule has 0 saturated heterocycles. The Morgan fingerprint density at radius 1 is 0.900 bits per heavy atom. The number of carboxylic acid groups (broad SMARTS) is 1. The molecule has 0 aliphatic heterocycles. The van der Waals surface area contributed by atoms with Gasteiger partial charge < -0.3 is 5.11 Å². The van der Waals surface area contributed by atoms with E-state index in [2.05, 4.69) is 38.2 Å². The van der Waals surface area contributed by atoms with Gasteiger partial charge in [0.05, 0.1) is 0 Å². The minimum Gasteiger partial charge on any atom is -0.481 e. The summed E-state index contributed by atoms with van der Waals surface area (Å²) in [6.07, 6.45) is 19.5. The third-order valence-corrected chi connectivity index (χ3v) is 3.30. The van der Waals surface area contributed by atoms with Crippen molar-refractivity contribution in [2.24, 2.45) is 5.92 Å². The SMILES string of the molecule is CC(C)CCCCC=CC=CCCCCCCC(=O)O. The van der Waals surface area contributed by atoms with Crippen LogP contribution in [0.4, 0.5) is 0 Å². The van der Waals surface area contributed by atoms with Crippen LogP contribution in [0.15, 0.2) is 24.3 Å². The van der Waals surface area contributed by atoms with Gasteiger partial charge in [0.25, 0.3) is 0 Å². The summed E-state index contributed by atoms with van der Waals surface area (Å²) in [5.41, 5.74) is 0. The summed E-state index contributed by atoms with van der Waals surface area (Å²) in [5.74, 6) is 0.151. The molecule has 0 amide bonds. The van der Waals surface area contributed by atoms with Crippen LogP contribution in [0.3, 0.4) is 0 Å². The molecule has 0 atom stereocenters. The summed E-state index contributed by atoms with van der Waals surface area (Å²) >= 11 is 0. The molecule has 2 heteroatoms. The molecule has 0 heterocycles. The van der Waals surface area contributed by atoms with Crippen molar-refractivity contribution in [3.8, 4) is 0 Å². The third kappa shape index (κ3) is 16.9. The number of carbonyl (C=O) groups is 1. The Bertz CT molecular complexity index is 277. The molecule has 0 fully saturated rings. The quantitative estimate of drug-likeness (QED) is 0.345. The van der Waals surface area contributed by atoms with Crippen LogP contribution in [0.2, 0.25) is 0 Å². The monoisotopic (exact) mass is 280 g/mol. The van der Waals surface area contributed by atoms with Crippen molar-refractivity contribution in [1.82, 2.24) is 0 Å². The fourth-order valence-corrected chi connectivity index (χ4v) is 2.06. The maximum atomic E-state index is 10.3. The fraction of sp³-hybridized carbons (Fsp3) is 0.722. The second kappa shape index (κ2) is 14.4. The summed E-state index contributed by atoms with van der Waals surface area (Å²) in [6, 6.07) is 0. The van der Waals surface area contributed by atoms with E-state index in [0.717, 1.165) is 31.6 Å². The van der Waals surface area contributed by atoms with Gasteiger partial charge in [0.1, 0.15) is 0 Å². The molecule has 0 saturated carbocycles. The molecule has 0 aliphatic carbocycles. The van der Waals surface area contributed by atoms with Crippen LogP contribution in [-0.2, 0) is 4.79 Å². The number of allylic oxidation sites excluding steroid dienone is 4. The molecule has 1 N–H and O–H groups in total. The first-order valence-corrected chi connectivity index (χ1v) is 8.16. The molecule has 0 aromatic rings. The standard InChI is InChI=1S/C18H32O2/c1-17(2)15-13-11-9-7-5-3-4-6-8-10-12-14-16-18(19)20/h3-5,7,17H,6,8-16H2,1-2H3,(H,19,20). The average Bonchev–Trinajstić information content (AvgIpc) is 2.38. The number of hydrogen-bond donors (Lipinski definition) is 1. The molecule has 0 aliphatic rings. The molecule has 2 nitrogen and oxygen atoms in total. The summed E-state index contributed by atoms with van der Waals surface area (Å²) in [6.45, 7) is 4.56. The molecule has 0 rings (SSSR count). The van der Waals surface area contributed by atoms with E-state index in [1.54, 1.807) is 0 Å². The third-order valence-electron chi connectivity index (χ3n) is 3.30. The fourth-order valence-electron chi connectivity index (χ4n) is 2.06. The van der Waals surface area contributed by atoms with Gasteiger partial charge in [-0.3, -0.25) is 4.79 Å². The lowest BCUT2D eigenvalue weighted by Crippen LogP contribution is -1.93. The van der Waals surface area contributed by atoms with Crippen molar-refractivity contribution in [2.75, 3.05) is 0 Å². The number of unbranched alkanes of at least 4 members (excludes halogenated alkanes) is 6. The van der Waals surface area contributed by atoms with E-state index in [9.17, 15) is 4.79 Å². The Hall–Kier alpha value is -1.05. The minimum absolute atomic E-state index is 0.315. The van der Waals surface area contributed by atoms with Crippen LogP contribution >= 0.6 is 0 Å². The lowest BCUT2D eigenvalue weighted by molar-refractivity contribution is -0.137. The highest BCUT2D eigenvalue weighted by molar-refractivity contribution is 5.66. The van der Waals surface area contributed by atoms with E-state index in [4.69, 9.17) is 5.11 Å². The van der Waals surface area contributed by atoms with Gasteiger partial charge in [0.15, 0.2) is 0 Å². The predicted octanol–water partition coefficient (Wildman–Crippen LogP) is 5.74. The van der Waals surface area contributed by atoms with E-state index in [1.807, 2.05) is 0 Å². The molecule has 0 unspecified atom stereocenters. The summed E-state index contributed by atoms with van der Waals surface area (Å²) < 4.78 is 0. The van der Waals surface area contributed by atoms with Gasteiger partial charge in [-0.15, -0.1) is 0 Å². The van der Waals surface area contributed by atoms with Crippen LogP contribution in [0.5, 0.6) is 0 Å². The highest BCUT2D eigenvalue weighted by Crippen LogP contribution is 2.08. The van der Waals surface area contributed by atoms with E-state index in [1.165, 1.54) is 32.1 Å². The van der Waals surface area contributed by atoms with Crippen molar-refractivity contribution >= 4 is 5.97 Å². The average molecular weight is 280 g/mol. The lowest BCUT2D eigenvalue weighted by Gasteiger charge is -2.01. The Labute approximate surface area is 125 Å². The van der Waals surface area contributed by atoms with Gasteiger partial charge in [-0.05, 0) is 38.0 Å². The summed E-state index contributed by atoms with van der Waals surface area (Å²) in [4.78, 5) is 10.3. The second-order valence-electron chi connectivity index (χ2n) is 5.88. The van der Waals surface area contributed by atoms with Crippen LogP contribution < -0.4 is 0 Å². The first-order valence-electron chi connectivity index (χ1n) is 8.16. The van der Waals surface area contributed by atoms with Gasteiger partial charge in [-0.25, -0.2) is 0 Å². The second-order valence-corrected chi connectivity index (χ2v) is 5.88. The zero-order valence-electron chi connectivity index (χ0n) is 13.3. The highest BCUT2D eigenvalue weighted by Gasteiger charge is 1.95. The van der Waals surface area contributed by atoms with Gasteiger partial charge in [0, 0.05) is 6.42 Å². The number of aliphatic carboxylic acids is 1. The van der Waals surface area contributed by atoms with E-state index in [-0.39, 0.29) is 0 Å². The molecule has 0 radical (unpaired) electrons. The Kier molecular flexibility index (Phi) is 13.6. The van der Waals surface area contributed by atoms with Gasteiger partial charge in [-0.2, -0.15) is 0 Å². The van der Waals surface area contributed by atoms with Gasteiger partial charge >= 0.3 is 5.97 Å². The van der Waals surface area contributed by atoms with E-state index >= 15 is 0 Å². The van der Waals surface area contributed by atoms with Crippen LogP contribution in [-0.4, -0.2) is 11.1 Å². The number of rotatable bonds is 13. The first kappa shape index (κ1) is 18.9. The number of hydrogen-bond acceptors (Lipinski definition) is 1. The molecule has 116 valence electrons. The Morgan fingerprint density at radius 2 is 1.45 bits per heavy atom. The van der Waals surface area contributed by atoms with Gasteiger partial charge in [-0.1, -0.05) is 63.8 Å². The molecule has 20 heavy (non-hydrogen) atoms. The number of carboxylic acids is 1. The molecular formula is C18H32O2. The predicted molar refractivity (Wildman–Crippen MR) is 86.9 cm³/mol. The molecule has 0 aromatic heterocycles. The van der Waals surface area contributed by atoms with Crippen molar-refractivity contribution < 1.29 is 9.90 Å². The summed E-state index contributed by atoms with van der Waals surface area (Å²) in [7, 11) is 0. The Balaban J connectivity index is 3.24. The highest BCUT2D eigenvalue weighted by atomic mass is 16.4. The van der Waals surface area contributed by atoms with Crippen LogP contribution in [0, 0.1) is 5.92 Å². The molecule has 0 bridgehead atoms. The zero-order valence-corrected chi connectivity index (χ0v) is 13.3.